The fraction of sp³-hybridized carbons (Fsp3) is 0.375. The second-order valence-electron chi connectivity index (χ2n) is 5.06. The number of carbonyl (C=O) groups is 4. The van der Waals surface area contributed by atoms with Gasteiger partial charge in [0.1, 0.15) is 19.2 Å². The van der Waals surface area contributed by atoms with E-state index in [1.165, 1.54) is 7.11 Å². The lowest BCUT2D eigenvalue weighted by Gasteiger charge is -2.17. The van der Waals surface area contributed by atoms with Crippen LogP contribution in [-0.2, 0) is 30.5 Å². The van der Waals surface area contributed by atoms with Gasteiger partial charge in [0.05, 0.1) is 7.11 Å². The van der Waals surface area contributed by atoms with Crippen LogP contribution in [-0.4, -0.2) is 43.6 Å². The van der Waals surface area contributed by atoms with E-state index in [0.717, 1.165) is 5.56 Å². The highest BCUT2D eigenvalue weighted by molar-refractivity contribution is 5.88. The molecule has 9 heteroatoms. The van der Waals surface area contributed by atoms with E-state index in [1.54, 1.807) is 24.3 Å². The minimum Gasteiger partial charge on any atom is -0.468 e. The van der Waals surface area contributed by atoms with Crippen molar-refractivity contribution >= 4 is 23.9 Å². The van der Waals surface area contributed by atoms with Crippen LogP contribution in [0.1, 0.15) is 18.4 Å². The molecule has 1 rings (SSSR count). The summed E-state index contributed by atoms with van der Waals surface area (Å²) in [5.41, 5.74) is 5.84. The lowest BCUT2D eigenvalue weighted by atomic mass is 10.1. The Bertz CT molecular complexity index is 605. The number of methoxy groups -OCH3 is 1. The zero-order chi connectivity index (χ0) is 18.7. The number of alkyl carbamates (subject to hydrolysis) is 1. The number of amides is 3. The molecule has 25 heavy (non-hydrogen) atoms. The van der Waals surface area contributed by atoms with Crippen LogP contribution in [0, 0.1) is 0 Å². The number of esters is 1. The number of nitrogens with two attached hydrogens (primary N) is 1. The van der Waals surface area contributed by atoms with Crippen molar-refractivity contribution < 1.29 is 28.7 Å². The first-order valence-corrected chi connectivity index (χ1v) is 7.52. The third kappa shape index (κ3) is 8.35. The van der Waals surface area contributed by atoms with E-state index in [4.69, 9.17) is 10.5 Å². The molecular weight excluding hydrogens is 330 g/mol. The van der Waals surface area contributed by atoms with Crippen molar-refractivity contribution in [2.45, 2.75) is 25.5 Å². The van der Waals surface area contributed by atoms with Crippen LogP contribution in [0.15, 0.2) is 30.3 Å². The molecular formula is C16H21N3O6. The summed E-state index contributed by atoms with van der Waals surface area (Å²) in [6.45, 7) is -0.331. The monoisotopic (exact) mass is 351 g/mol. The Hall–Kier alpha value is -3.10. The molecule has 0 heterocycles. The van der Waals surface area contributed by atoms with Crippen LogP contribution in [0.25, 0.3) is 0 Å². The number of hydrogen-bond donors (Lipinski definition) is 3. The van der Waals surface area contributed by atoms with Gasteiger partial charge in [0.2, 0.25) is 11.8 Å². The molecule has 0 unspecified atom stereocenters. The Morgan fingerprint density at radius 3 is 2.44 bits per heavy atom. The van der Waals surface area contributed by atoms with Crippen LogP contribution >= 0.6 is 0 Å². The summed E-state index contributed by atoms with van der Waals surface area (Å²) in [6.07, 6.45) is -0.968. The number of benzene rings is 1. The van der Waals surface area contributed by atoms with Gasteiger partial charge in [-0.25, -0.2) is 4.79 Å². The predicted octanol–water partition coefficient (Wildman–Crippen LogP) is -0.164. The van der Waals surface area contributed by atoms with Crippen LogP contribution < -0.4 is 16.4 Å². The average Bonchev–Trinajstić information content (AvgIpc) is 2.61. The number of nitrogens with one attached hydrogen (secondary N) is 2. The van der Waals surface area contributed by atoms with E-state index < -0.39 is 29.9 Å². The van der Waals surface area contributed by atoms with Crippen LogP contribution in [0.2, 0.25) is 0 Å². The summed E-state index contributed by atoms with van der Waals surface area (Å²) in [7, 11) is 1.18. The Kier molecular flexibility index (Phi) is 8.48. The highest BCUT2D eigenvalue weighted by Gasteiger charge is 2.22. The standard InChI is InChI=1S/C16H21N3O6/c1-24-14(21)9-18-15(22)12(7-8-13(17)20)19-16(23)25-10-11-5-3-2-4-6-11/h2-6,12H,7-10H2,1H3,(H2,17,20)(H,18,22)(H,19,23)/t12-/m0/s1. The van der Waals surface area contributed by atoms with Gasteiger partial charge in [-0.15, -0.1) is 0 Å². The smallest absolute Gasteiger partial charge is 0.408 e. The molecule has 1 aromatic carbocycles. The Balaban J connectivity index is 2.55. The molecule has 9 nitrogen and oxygen atoms in total. The Morgan fingerprint density at radius 1 is 1.16 bits per heavy atom. The van der Waals surface area contributed by atoms with Crippen molar-refractivity contribution in [1.82, 2.24) is 10.6 Å². The highest BCUT2D eigenvalue weighted by atomic mass is 16.5. The molecule has 1 atom stereocenters. The van der Waals surface area contributed by atoms with E-state index in [9.17, 15) is 19.2 Å². The molecule has 0 fully saturated rings. The molecule has 4 N–H and O–H groups in total. The van der Waals surface area contributed by atoms with Gasteiger partial charge in [0.15, 0.2) is 0 Å². The summed E-state index contributed by atoms with van der Waals surface area (Å²) >= 11 is 0. The molecule has 0 aliphatic carbocycles. The van der Waals surface area contributed by atoms with Crippen molar-refractivity contribution in [2.75, 3.05) is 13.7 Å². The summed E-state index contributed by atoms with van der Waals surface area (Å²) in [6, 6.07) is 7.91. The molecule has 0 radical (unpaired) electrons. The molecule has 136 valence electrons. The fourth-order valence-corrected chi connectivity index (χ4v) is 1.82. The van der Waals surface area contributed by atoms with E-state index in [-0.39, 0.29) is 26.0 Å². The number of hydrogen-bond acceptors (Lipinski definition) is 6. The molecule has 0 aliphatic rings. The fourth-order valence-electron chi connectivity index (χ4n) is 1.82. The van der Waals surface area contributed by atoms with Crippen LogP contribution in [0.3, 0.4) is 0 Å². The SMILES string of the molecule is COC(=O)CNC(=O)[C@H](CCC(N)=O)NC(=O)OCc1ccccc1. The first-order chi connectivity index (χ1) is 11.9. The van der Waals surface area contributed by atoms with Crippen molar-refractivity contribution in [3.05, 3.63) is 35.9 Å². The minimum absolute atomic E-state index is 0.0250. The molecule has 0 bridgehead atoms. The zero-order valence-corrected chi connectivity index (χ0v) is 13.8. The number of rotatable bonds is 9. The third-order valence-electron chi connectivity index (χ3n) is 3.14. The van der Waals surface area contributed by atoms with Gasteiger partial charge in [0, 0.05) is 6.42 Å². The van der Waals surface area contributed by atoms with Gasteiger partial charge in [0.25, 0.3) is 0 Å². The number of ether oxygens (including phenoxy) is 2. The van der Waals surface area contributed by atoms with E-state index in [1.807, 2.05) is 6.07 Å². The van der Waals surface area contributed by atoms with E-state index in [2.05, 4.69) is 15.4 Å². The molecule has 0 aromatic heterocycles. The largest absolute Gasteiger partial charge is 0.468 e. The second-order valence-corrected chi connectivity index (χ2v) is 5.06. The van der Waals surface area contributed by atoms with Crippen molar-refractivity contribution in [3.63, 3.8) is 0 Å². The molecule has 3 amide bonds. The van der Waals surface area contributed by atoms with Gasteiger partial charge < -0.3 is 25.8 Å². The first-order valence-electron chi connectivity index (χ1n) is 7.52. The Labute approximate surface area is 144 Å². The van der Waals surface area contributed by atoms with Crippen LogP contribution in [0.4, 0.5) is 4.79 Å². The summed E-state index contributed by atoms with van der Waals surface area (Å²) < 4.78 is 9.43. The van der Waals surface area contributed by atoms with Crippen molar-refractivity contribution in [3.8, 4) is 0 Å². The topological polar surface area (TPSA) is 137 Å². The zero-order valence-electron chi connectivity index (χ0n) is 13.8. The third-order valence-corrected chi connectivity index (χ3v) is 3.14. The molecule has 0 aliphatic heterocycles. The highest BCUT2D eigenvalue weighted by Crippen LogP contribution is 2.02. The van der Waals surface area contributed by atoms with Gasteiger partial charge >= 0.3 is 12.1 Å². The van der Waals surface area contributed by atoms with Crippen molar-refractivity contribution in [1.29, 1.82) is 0 Å². The molecule has 0 saturated heterocycles. The molecule has 0 spiro atoms. The first kappa shape index (κ1) is 19.9. The summed E-state index contributed by atoms with van der Waals surface area (Å²) in [5.74, 6) is -1.91. The maximum absolute atomic E-state index is 12.0. The van der Waals surface area contributed by atoms with Crippen LogP contribution in [0.5, 0.6) is 0 Å². The van der Waals surface area contributed by atoms with E-state index in [0.29, 0.717) is 0 Å². The van der Waals surface area contributed by atoms with Gasteiger partial charge in [-0.3, -0.25) is 14.4 Å². The number of carbonyl (C=O) groups excluding carboxylic acids is 4. The number of primary amides is 1. The lowest BCUT2D eigenvalue weighted by Crippen LogP contribution is -2.48. The quantitative estimate of drug-likeness (QED) is 0.529. The van der Waals surface area contributed by atoms with Gasteiger partial charge in [-0.2, -0.15) is 0 Å². The average molecular weight is 351 g/mol. The maximum Gasteiger partial charge on any atom is 0.408 e. The van der Waals surface area contributed by atoms with E-state index >= 15 is 0 Å². The summed E-state index contributed by atoms with van der Waals surface area (Å²) in [5, 5.41) is 4.65. The Morgan fingerprint density at radius 2 is 1.84 bits per heavy atom. The predicted molar refractivity (Wildman–Crippen MR) is 87.0 cm³/mol. The van der Waals surface area contributed by atoms with Gasteiger partial charge in [-0.1, -0.05) is 30.3 Å². The molecule has 1 aromatic rings. The summed E-state index contributed by atoms with van der Waals surface area (Å²) in [4.78, 5) is 45.9. The second kappa shape index (κ2) is 10.6. The van der Waals surface area contributed by atoms with Crippen molar-refractivity contribution in [2.24, 2.45) is 5.73 Å². The normalized spacial score (nSPS) is 11.1. The minimum atomic E-state index is -1.07. The van der Waals surface area contributed by atoms with Gasteiger partial charge in [-0.05, 0) is 12.0 Å². The maximum atomic E-state index is 12.0. The lowest BCUT2D eigenvalue weighted by molar-refractivity contribution is -0.141. The molecule has 0 saturated carbocycles.